The van der Waals surface area contributed by atoms with Crippen molar-refractivity contribution in [1.82, 2.24) is 15.5 Å². The first kappa shape index (κ1) is 8.44. The second-order valence-corrected chi connectivity index (χ2v) is 3.21. The average molecular weight is 179 g/mol. The molecule has 1 aliphatic rings. The smallest absolute Gasteiger partial charge is 0.239 e. The number of nitrogens with zero attached hydrogens (tertiary/aromatic N) is 2. The summed E-state index contributed by atoms with van der Waals surface area (Å²) in [6, 6.07) is 0. The van der Waals surface area contributed by atoms with Crippen LogP contribution in [0.5, 0.6) is 0 Å². The van der Waals surface area contributed by atoms with Crippen LogP contribution in [-0.2, 0) is 0 Å². The highest BCUT2D eigenvalue weighted by Gasteiger charge is 2.20. The molecular formula is C9H13N3O. The molecule has 1 saturated heterocycles. The van der Waals surface area contributed by atoms with E-state index in [4.69, 9.17) is 4.42 Å². The molecule has 1 fully saturated rings. The summed E-state index contributed by atoms with van der Waals surface area (Å²) in [4.78, 5) is 0. The third kappa shape index (κ3) is 1.78. The molecule has 2 rings (SSSR count). The Labute approximate surface area is 77.0 Å². The molecule has 0 saturated carbocycles. The second kappa shape index (κ2) is 3.70. The van der Waals surface area contributed by atoms with E-state index in [1.165, 1.54) is 0 Å². The van der Waals surface area contributed by atoms with Crippen LogP contribution in [0.2, 0.25) is 0 Å². The minimum Gasteiger partial charge on any atom is -0.421 e. The van der Waals surface area contributed by atoms with Crippen LogP contribution in [0.1, 0.15) is 30.5 Å². The lowest BCUT2D eigenvalue weighted by Crippen LogP contribution is -2.26. The second-order valence-electron chi connectivity index (χ2n) is 3.21. The van der Waals surface area contributed by atoms with Gasteiger partial charge in [-0.15, -0.1) is 10.2 Å². The molecule has 1 N–H and O–H groups in total. The van der Waals surface area contributed by atoms with E-state index in [0.29, 0.717) is 11.8 Å². The van der Waals surface area contributed by atoms with Crippen molar-refractivity contribution >= 4 is 6.08 Å². The van der Waals surface area contributed by atoms with E-state index in [2.05, 4.69) is 22.1 Å². The van der Waals surface area contributed by atoms with Gasteiger partial charge in [0.1, 0.15) is 0 Å². The van der Waals surface area contributed by atoms with Crippen molar-refractivity contribution in [3.05, 3.63) is 18.4 Å². The molecule has 2 heterocycles. The van der Waals surface area contributed by atoms with Crippen molar-refractivity contribution in [1.29, 1.82) is 0 Å². The summed E-state index contributed by atoms with van der Waals surface area (Å²) in [5.74, 6) is 1.72. The normalized spacial score (nSPS) is 18.8. The summed E-state index contributed by atoms with van der Waals surface area (Å²) < 4.78 is 5.40. The standard InChI is InChI=1S/C9H13N3O/c1-2-8-11-12-9(13-8)7-3-5-10-6-4-7/h2,7,10H,1,3-6H2. The van der Waals surface area contributed by atoms with Gasteiger partial charge in [0.25, 0.3) is 0 Å². The lowest BCUT2D eigenvalue weighted by atomic mass is 9.98. The number of hydrogen-bond donors (Lipinski definition) is 1. The molecule has 0 aliphatic carbocycles. The molecule has 0 unspecified atom stereocenters. The third-order valence-electron chi connectivity index (χ3n) is 2.32. The Morgan fingerprint density at radius 2 is 2.15 bits per heavy atom. The highest BCUT2D eigenvalue weighted by Crippen LogP contribution is 2.23. The fraction of sp³-hybridized carbons (Fsp3) is 0.556. The van der Waals surface area contributed by atoms with Gasteiger partial charge in [0, 0.05) is 5.92 Å². The van der Waals surface area contributed by atoms with E-state index >= 15 is 0 Å². The van der Waals surface area contributed by atoms with Crippen LogP contribution < -0.4 is 5.32 Å². The predicted molar refractivity (Wildman–Crippen MR) is 49.2 cm³/mol. The van der Waals surface area contributed by atoms with Crippen LogP contribution in [0, 0.1) is 0 Å². The summed E-state index contributed by atoms with van der Waals surface area (Å²) >= 11 is 0. The first-order valence-electron chi connectivity index (χ1n) is 4.56. The van der Waals surface area contributed by atoms with Crippen LogP contribution in [-0.4, -0.2) is 23.3 Å². The highest BCUT2D eigenvalue weighted by molar-refractivity contribution is 5.32. The zero-order chi connectivity index (χ0) is 9.10. The van der Waals surface area contributed by atoms with Gasteiger partial charge in [0.15, 0.2) is 0 Å². The number of rotatable bonds is 2. The van der Waals surface area contributed by atoms with Crippen molar-refractivity contribution in [2.75, 3.05) is 13.1 Å². The lowest BCUT2D eigenvalue weighted by Gasteiger charge is -2.18. The van der Waals surface area contributed by atoms with Crippen molar-refractivity contribution in [3.63, 3.8) is 0 Å². The molecule has 0 radical (unpaired) electrons. The Morgan fingerprint density at radius 1 is 1.38 bits per heavy atom. The SMILES string of the molecule is C=Cc1nnc(C2CCNCC2)o1. The van der Waals surface area contributed by atoms with Crippen LogP contribution >= 0.6 is 0 Å². The van der Waals surface area contributed by atoms with Gasteiger partial charge >= 0.3 is 0 Å². The molecule has 0 bridgehead atoms. The van der Waals surface area contributed by atoms with E-state index in [1.807, 2.05) is 0 Å². The number of aromatic nitrogens is 2. The van der Waals surface area contributed by atoms with Gasteiger partial charge in [0.2, 0.25) is 11.8 Å². The van der Waals surface area contributed by atoms with Gasteiger partial charge in [-0.25, -0.2) is 0 Å². The van der Waals surface area contributed by atoms with Crippen LogP contribution in [0.15, 0.2) is 11.0 Å². The van der Waals surface area contributed by atoms with Crippen molar-refractivity contribution in [3.8, 4) is 0 Å². The van der Waals surface area contributed by atoms with Crippen molar-refractivity contribution < 1.29 is 4.42 Å². The van der Waals surface area contributed by atoms with E-state index in [9.17, 15) is 0 Å². The third-order valence-corrected chi connectivity index (χ3v) is 2.32. The van der Waals surface area contributed by atoms with Gasteiger partial charge in [0.05, 0.1) is 0 Å². The maximum Gasteiger partial charge on any atom is 0.239 e. The van der Waals surface area contributed by atoms with E-state index in [-0.39, 0.29) is 0 Å². The Hall–Kier alpha value is -1.16. The predicted octanol–water partition coefficient (Wildman–Crippen LogP) is 1.18. The largest absolute Gasteiger partial charge is 0.421 e. The quantitative estimate of drug-likeness (QED) is 0.740. The number of piperidine rings is 1. The number of nitrogens with one attached hydrogen (secondary N) is 1. The summed E-state index contributed by atoms with van der Waals surface area (Å²) in [5, 5.41) is 11.1. The Balaban J connectivity index is 2.09. The minimum absolute atomic E-state index is 0.433. The molecular weight excluding hydrogens is 166 g/mol. The Morgan fingerprint density at radius 3 is 2.77 bits per heavy atom. The summed E-state index contributed by atoms with van der Waals surface area (Å²) in [7, 11) is 0. The first-order chi connectivity index (χ1) is 6.40. The molecule has 1 aromatic heterocycles. The average Bonchev–Trinajstić information content (AvgIpc) is 2.67. The van der Waals surface area contributed by atoms with Gasteiger partial charge in [-0.2, -0.15) is 0 Å². The topological polar surface area (TPSA) is 51.0 Å². The van der Waals surface area contributed by atoms with Crippen LogP contribution in [0.4, 0.5) is 0 Å². The molecule has 0 amide bonds. The Bertz CT molecular complexity index is 289. The molecule has 4 heteroatoms. The molecule has 0 spiro atoms. The molecule has 0 atom stereocenters. The van der Waals surface area contributed by atoms with Gasteiger partial charge in [-0.3, -0.25) is 0 Å². The molecule has 70 valence electrons. The highest BCUT2D eigenvalue weighted by atomic mass is 16.4. The molecule has 13 heavy (non-hydrogen) atoms. The fourth-order valence-corrected chi connectivity index (χ4v) is 1.56. The van der Waals surface area contributed by atoms with Gasteiger partial charge in [-0.05, 0) is 32.0 Å². The monoisotopic (exact) mass is 179 g/mol. The molecule has 0 aromatic carbocycles. The van der Waals surface area contributed by atoms with E-state index < -0.39 is 0 Å². The molecule has 1 aliphatic heterocycles. The maximum absolute atomic E-state index is 5.40. The van der Waals surface area contributed by atoms with Crippen molar-refractivity contribution in [2.45, 2.75) is 18.8 Å². The van der Waals surface area contributed by atoms with Gasteiger partial charge in [-0.1, -0.05) is 6.58 Å². The van der Waals surface area contributed by atoms with Crippen LogP contribution in [0.3, 0.4) is 0 Å². The van der Waals surface area contributed by atoms with Crippen molar-refractivity contribution in [2.24, 2.45) is 0 Å². The summed E-state index contributed by atoms with van der Waals surface area (Å²) in [6.07, 6.45) is 3.75. The van der Waals surface area contributed by atoms with E-state index in [0.717, 1.165) is 31.8 Å². The lowest BCUT2D eigenvalue weighted by molar-refractivity contribution is 0.372. The summed E-state index contributed by atoms with van der Waals surface area (Å²) in [5.41, 5.74) is 0. The Kier molecular flexibility index (Phi) is 2.40. The molecule has 4 nitrogen and oxygen atoms in total. The fourth-order valence-electron chi connectivity index (χ4n) is 1.56. The first-order valence-corrected chi connectivity index (χ1v) is 4.56. The van der Waals surface area contributed by atoms with Gasteiger partial charge < -0.3 is 9.73 Å². The maximum atomic E-state index is 5.40. The van der Waals surface area contributed by atoms with Crippen LogP contribution in [0.25, 0.3) is 6.08 Å². The molecule has 1 aromatic rings. The number of hydrogen-bond acceptors (Lipinski definition) is 4. The minimum atomic E-state index is 0.433. The van der Waals surface area contributed by atoms with E-state index in [1.54, 1.807) is 6.08 Å². The zero-order valence-corrected chi connectivity index (χ0v) is 7.49. The summed E-state index contributed by atoms with van der Waals surface area (Å²) in [6.45, 7) is 5.66. The zero-order valence-electron chi connectivity index (χ0n) is 7.49.